The molecule has 4 aliphatic rings. The van der Waals surface area contributed by atoms with Crippen LogP contribution in [0.3, 0.4) is 0 Å². The number of aryl methyl sites for hydroxylation is 1. The highest BCUT2D eigenvalue weighted by atomic mass is 16.5. The topological polar surface area (TPSA) is 92.9 Å². The number of nitrogens with zero attached hydrogens (tertiary/aromatic N) is 6. The fraction of sp³-hybridized carbons (Fsp3) is 0.233. The highest BCUT2D eigenvalue weighted by molar-refractivity contribution is 6.23. The average molecular weight is 517 g/mol. The van der Waals surface area contributed by atoms with E-state index in [4.69, 9.17) is 14.9 Å². The summed E-state index contributed by atoms with van der Waals surface area (Å²) in [5.74, 6) is -1.74. The molecule has 9 nitrogen and oxygen atoms in total. The predicted molar refractivity (Wildman–Crippen MR) is 143 cm³/mol. The van der Waals surface area contributed by atoms with Gasteiger partial charge in [-0.2, -0.15) is 15.0 Å². The number of aromatic nitrogens is 3. The first kappa shape index (κ1) is 22.4. The number of para-hydroxylation sites is 2. The molecule has 8 rings (SSSR count). The van der Waals surface area contributed by atoms with E-state index in [1.54, 1.807) is 11.0 Å². The van der Waals surface area contributed by atoms with E-state index in [-0.39, 0.29) is 23.8 Å². The first-order chi connectivity index (χ1) is 19.1. The van der Waals surface area contributed by atoms with Crippen molar-refractivity contribution in [3.8, 4) is 5.69 Å². The number of hydrazone groups is 1. The standard InChI is InChI=1S/C30H24N6O3/c1-17-12-14-18(15-13-17)34-29(37)22-23(30(34)38)28-26-24(27(22)39-28)25(33-35(26)19-8-4-2-5-9-19)21-16-31-36(32-21)20-10-6-3-7-11-20/h2-16,22-24,26-28H,1H3/t22-,23+,24+,26-,27-,28+/m1/s1. The van der Waals surface area contributed by atoms with Crippen molar-refractivity contribution in [2.75, 3.05) is 9.91 Å². The number of rotatable bonds is 4. The molecule has 0 aliphatic carbocycles. The molecule has 0 spiro atoms. The van der Waals surface area contributed by atoms with Gasteiger partial charge in [-0.05, 0) is 43.3 Å². The van der Waals surface area contributed by atoms with Gasteiger partial charge in [0, 0.05) is 0 Å². The van der Waals surface area contributed by atoms with Gasteiger partial charge in [0.2, 0.25) is 11.8 Å². The van der Waals surface area contributed by atoms with Crippen molar-refractivity contribution in [3.63, 3.8) is 0 Å². The molecule has 4 aliphatic heterocycles. The number of carbonyl (C=O) groups is 2. The fourth-order valence-corrected chi connectivity index (χ4v) is 6.66. The van der Waals surface area contributed by atoms with Crippen LogP contribution in [0, 0.1) is 24.7 Å². The number of hydrogen-bond donors (Lipinski definition) is 0. The van der Waals surface area contributed by atoms with E-state index in [9.17, 15) is 9.59 Å². The molecule has 4 aromatic rings. The van der Waals surface area contributed by atoms with Crippen LogP contribution in [-0.4, -0.2) is 50.8 Å². The zero-order valence-corrected chi connectivity index (χ0v) is 21.0. The Kier molecular flexibility index (Phi) is 4.69. The summed E-state index contributed by atoms with van der Waals surface area (Å²) < 4.78 is 6.50. The summed E-state index contributed by atoms with van der Waals surface area (Å²) >= 11 is 0. The van der Waals surface area contributed by atoms with Gasteiger partial charge < -0.3 is 4.74 Å². The van der Waals surface area contributed by atoms with Crippen molar-refractivity contribution in [1.29, 1.82) is 0 Å². The Balaban J connectivity index is 1.20. The lowest BCUT2D eigenvalue weighted by atomic mass is 9.70. The molecule has 5 heterocycles. The number of imide groups is 1. The molecule has 3 aromatic carbocycles. The summed E-state index contributed by atoms with van der Waals surface area (Å²) in [7, 11) is 0. The molecule has 0 saturated carbocycles. The number of carbonyl (C=O) groups excluding carboxylic acids is 2. The van der Waals surface area contributed by atoms with Gasteiger partial charge in [0.25, 0.3) is 0 Å². The number of hydrogen-bond acceptors (Lipinski definition) is 7. The van der Waals surface area contributed by atoms with Crippen molar-refractivity contribution in [1.82, 2.24) is 15.0 Å². The first-order valence-electron chi connectivity index (χ1n) is 13.1. The number of amides is 2. The summed E-state index contributed by atoms with van der Waals surface area (Å²) in [5.41, 5.74) is 4.78. The molecular formula is C30H24N6O3. The number of fused-ring (bicyclic) bond motifs is 8. The van der Waals surface area contributed by atoms with Crippen LogP contribution in [0.25, 0.3) is 5.69 Å². The smallest absolute Gasteiger partial charge is 0.240 e. The fourth-order valence-electron chi connectivity index (χ4n) is 6.66. The van der Waals surface area contributed by atoms with Crippen LogP contribution < -0.4 is 9.91 Å². The highest BCUT2D eigenvalue weighted by Gasteiger charge is 2.72. The first-order valence-corrected chi connectivity index (χ1v) is 13.1. The molecular weight excluding hydrogens is 492 g/mol. The van der Waals surface area contributed by atoms with Crippen LogP contribution in [0.4, 0.5) is 11.4 Å². The van der Waals surface area contributed by atoms with Crippen LogP contribution >= 0.6 is 0 Å². The lowest BCUT2D eigenvalue weighted by molar-refractivity contribution is -0.125. The van der Waals surface area contributed by atoms with E-state index in [1.807, 2.05) is 96.9 Å². The summed E-state index contributed by atoms with van der Waals surface area (Å²) in [6.45, 7) is 1.98. The van der Waals surface area contributed by atoms with Gasteiger partial charge in [0.05, 0.1) is 65.0 Å². The third-order valence-corrected chi connectivity index (χ3v) is 8.35. The Morgan fingerprint density at radius 1 is 0.718 bits per heavy atom. The minimum atomic E-state index is -0.560. The summed E-state index contributed by atoms with van der Waals surface area (Å²) in [6, 6.07) is 26.8. The van der Waals surface area contributed by atoms with E-state index < -0.39 is 24.0 Å². The lowest BCUT2D eigenvalue weighted by Crippen LogP contribution is -2.50. The second-order valence-corrected chi connectivity index (χ2v) is 10.5. The summed E-state index contributed by atoms with van der Waals surface area (Å²) in [5, 5.41) is 16.2. The van der Waals surface area contributed by atoms with E-state index in [0.29, 0.717) is 11.4 Å². The van der Waals surface area contributed by atoms with E-state index in [0.717, 1.165) is 22.6 Å². The Morgan fingerprint density at radius 3 is 2.05 bits per heavy atom. The molecule has 0 radical (unpaired) electrons. The largest absolute Gasteiger partial charge is 0.370 e. The SMILES string of the molecule is Cc1ccc(N2C(=O)[C@@H]3[C@@H]4O[C@@H]([C@H]5C(c6cnn(-c7ccccc7)n6)=NN(c6ccccc6)[C@@H]45)[C@@H]3C2=O)cc1. The van der Waals surface area contributed by atoms with Gasteiger partial charge in [0.15, 0.2) is 0 Å². The molecule has 9 heteroatoms. The van der Waals surface area contributed by atoms with Crippen molar-refractivity contribution in [3.05, 3.63) is 102 Å². The van der Waals surface area contributed by atoms with Gasteiger partial charge >= 0.3 is 0 Å². The molecule has 2 bridgehead atoms. The Bertz CT molecular complexity index is 1630. The molecule has 39 heavy (non-hydrogen) atoms. The molecule has 3 fully saturated rings. The molecule has 3 saturated heterocycles. The maximum absolute atomic E-state index is 13.8. The predicted octanol–water partition coefficient (Wildman–Crippen LogP) is 3.37. The number of anilines is 2. The molecule has 0 N–H and O–H groups in total. The van der Waals surface area contributed by atoms with Gasteiger partial charge in [-0.1, -0.05) is 54.1 Å². The van der Waals surface area contributed by atoms with Crippen molar-refractivity contribution < 1.29 is 14.3 Å². The molecule has 1 aromatic heterocycles. The molecule has 6 atom stereocenters. The van der Waals surface area contributed by atoms with E-state index in [2.05, 4.69) is 5.10 Å². The second kappa shape index (κ2) is 8.18. The molecule has 0 unspecified atom stereocenters. The minimum Gasteiger partial charge on any atom is -0.370 e. The quantitative estimate of drug-likeness (QED) is 0.386. The molecule has 192 valence electrons. The monoisotopic (exact) mass is 516 g/mol. The maximum atomic E-state index is 13.8. The normalized spacial score (nSPS) is 28.7. The average Bonchev–Trinajstić information content (AvgIpc) is 3.78. The Morgan fingerprint density at radius 2 is 1.36 bits per heavy atom. The zero-order valence-electron chi connectivity index (χ0n) is 21.0. The van der Waals surface area contributed by atoms with Gasteiger partial charge in [-0.25, -0.2) is 4.90 Å². The van der Waals surface area contributed by atoms with Crippen LogP contribution in [0.5, 0.6) is 0 Å². The third kappa shape index (κ3) is 3.13. The highest BCUT2D eigenvalue weighted by Crippen LogP contribution is 2.56. The molecule has 2 amide bonds. The van der Waals surface area contributed by atoms with Crippen LogP contribution in [0.2, 0.25) is 0 Å². The van der Waals surface area contributed by atoms with E-state index in [1.165, 1.54) is 4.90 Å². The second-order valence-electron chi connectivity index (χ2n) is 10.5. The van der Waals surface area contributed by atoms with Gasteiger partial charge in [-0.3, -0.25) is 14.6 Å². The summed E-state index contributed by atoms with van der Waals surface area (Å²) in [4.78, 5) is 30.5. The van der Waals surface area contributed by atoms with Gasteiger partial charge in [0.1, 0.15) is 5.69 Å². The van der Waals surface area contributed by atoms with Crippen LogP contribution in [0.15, 0.2) is 96.2 Å². The Labute approximate surface area is 224 Å². The van der Waals surface area contributed by atoms with Crippen molar-refractivity contribution >= 4 is 28.9 Å². The third-order valence-electron chi connectivity index (χ3n) is 8.35. The number of benzene rings is 3. The minimum absolute atomic E-state index is 0.198. The van der Waals surface area contributed by atoms with Crippen LogP contribution in [-0.2, 0) is 14.3 Å². The van der Waals surface area contributed by atoms with Crippen molar-refractivity contribution in [2.45, 2.75) is 25.2 Å². The summed E-state index contributed by atoms with van der Waals surface area (Å²) in [6.07, 6.45) is 0.759. The number of ether oxygens (including phenoxy) is 1. The van der Waals surface area contributed by atoms with Gasteiger partial charge in [-0.15, -0.1) is 5.10 Å². The maximum Gasteiger partial charge on any atom is 0.240 e. The van der Waals surface area contributed by atoms with E-state index >= 15 is 0 Å². The van der Waals surface area contributed by atoms with Crippen LogP contribution in [0.1, 0.15) is 11.3 Å². The lowest BCUT2D eigenvalue weighted by Gasteiger charge is -2.32. The Hall–Kier alpha value is -4.63. The zero-order chi connectivity index (χ0) is 26.2. The van der Waals surface area contributed by atoms with Crippen molar-refractivity contribution in [2.24, 2.45) is 22.9 Å².